The summed E-state index contributed by atoms with van der Waals surface area (Å²) in [6.45, 7) is 12.5. The third-order valence-electron chi connectivity index (χ3n) is 6.02. The lowest BCUT2D eigenvalue weighted by atomic mass is 9.89. The highest BCUT2D eigenvalue weighted by Gasteiger charge is 2.31. The molecule has 0 spiro atoms. The van der Waals surface area contributed by atoms with E-state index < -0.39 is 0 Å². The second kappa shape index (κ2) is 9.17. The molecule has 0 radical (unpaired) electrons. The van der Waals surface area contributed by atoms with E-state index in [1.165, 1.54) is 5.56 Å². The molecule has 0 unspecified atom stereocenters. The van der Waals surface area contributed by atoms with E-state index in [0.717, 1.165) is 63.6 Å². The molecule has 7 nitrogen and oxygen atoms in total. The number of aliphatic hydroxyl groups is 1. The first-order valence-electron chi connectivity index (χ1n) is 10.2. The monoisotopic (exact) mass is 378 g/mol. The molecule has 0 aliphatic carbocycles. The van der Waals surface area contributed by atoms with Gasteiger partial charge in [-0.15, -0.1) is 0 Å². The van der Waals surface area contributed by atoms with Gasteiger partial charge in [0.05, 0.1) is 18.9 Å². The van der Waals surface area contributed by atoms with Gasteiger partial charge in [0.25, 0.3) is 0 Å². The van der Waals surface area contributed by atoms with Crippen LogP contribution in [0.3, 0.4) is 0 Å². The van der Waals surface area contributed by atoms with Crippen molar-refractivity contribution in [2.45, 2.75) is 40.2 Å². The van der Waals surface area contributed by atoms with Crippen LogP contribution in [-0.4, -0.2) is 83.1 Å². The number of hydrogen-bond acceptors (Lipinski definition) is 5. The Kier molecular flexibility index (Phi) is 6.89. The summed E-state index contributed by atoms with van der Waals surface area (Å²) in [4.78, 5) is 17.3. The molecule has 7 heteroatoms. The van der Waals surface area contributed by atoms with Crippen molar-refractivity contribution in [3.05, 3.63) is 17.0 Å². The molecule has 0 bridgehead atoms. The summed E-state index contributed by atoms with van der Waals surface area (Å²) in [6, 6.07) is 0. The summed E-state index contributed by atoms with van der Waals surface area (Å²) in [5, 5.41) is 14.3. The van der Waals surface area contributed by atoms with E-state index >= 15 is 0 Å². The van der Waals surface area contributed by atoms with Crippen molar-refractivity contribution in [2.24, 2.45) is 11.8 Å². The van der Waals surface area contributed by atoms with E-state index in [1.807, 2.05) is 23.4 Å². The molecule has 2 saturated heterocycles. The number of hydrogen-bond donors (Lipinski definition) is 1. The molecule has 3 rings (SSSR count). The van der Waals surface area contributed by atoms with Crippen molar-refractivity contribution in [3.63, 3.8) is 0 Å². The predicted octanol–water partition coefficient (Wildman–Crippen LogP) is 0.852. The molecule has 1 aromatic rings. The SMILES string of the molecule is CCc1c(C)nn(CC(=O)N2C[C@H](CO)C[C@H](CN3CCOCC3)C2)c1C. The molecule has 152 valence electrons. The molecule has 27 heavy (non-hydrogen) atoms. The average molecular weight is 379 g/mol. The van der Waals surface area contributed by atoms with E-state index in [2.05, 4.69) is 16.9 Å². The fourth-order valence-electron chi connectivity index (χ4n) is 4.56. The van der Waals surface area contributed by atoms with Crippen molar-refractivity contribution in [2.75, 3.05) is 52.5 Å². The van der Waals surface area contributed by atoms with E-state index in [9.17, 15) is 9.90 Å². The molecular formula is C20H34N4O3. The third-order valence-corrected chi connectivity index (χ3v) is 6.02. The van der Waals surface area contributed by atoms with Gasteiger partial charge in [-0.3, -0.25) is 14.4 Å². The zero-order valence-corrected chi connectivity index (χ0v) is 17.0. The number of aromatic nitrogens is 2. The van der Waals surface area contributed by atoms with Crippen LogP contribution in [0.1, 0.15) is 30.3 Å². The van der Waals surface area contributed by atoms with Crippen LogP contribution in [0.4, 0.5) is 0 Å². The molecule has 1 aromatic heterocycles. The Balaban J connectivity index is 1.63. The zero-order valence-electron chi connectivity index (χ0n) is 17.0. The van der Waals surface area contributed by atoms with Crippen molar-refractivity contribution >= 4 is 5.91 Å². The fraction of sp³-hybridized carbons (Fsp3) is 0.800. The largest absolute Gasteiger partial charge is 0.396 e. The smallest absolute Gasteiger partial charge is 0.244 e. The van der Waals surface area contributed by atoms with Gasteiger partial charge in [-0.1, -0.05) is 6.92 Å². The van der Waals surface area contributed by atoms with Gasteiger partial charge in [0.2, 0.25) is 5.91 Å². The quantitative estimate of drug-likeness (QED) is 0.795. The first-order valence-corrected chi connectivity index (χ1v) is 10.2. The number of aryl methyl sites for hydroxylation is 1. The van der Waals surface area contributed by atoms with Crippen molar-refractivity contribution < 1.29 is 14.6 Å². The average Bonchev–Trinajstić information content (AvgIpc) is 2.94. The van der Waals surface area contributed by atoms with E-state index in [-0.39, 0.29) is 25.0 Å². The lowest BCUT2D eigenvalue weighted by molar-refractivity contribution is -0.135. The van der Waals surface area contributed by atoms with Crippen molar-refractivity contribution in [1.82, 2.24) is 19.6 Å². The van der Waals surface area contributed by atoms with Gasteiger partial charge in [0.15, 0.2) is 0 Å². The highest BCUT2D eigenvalue weighted by Crippen LogP contribution is 2.24. The topological polar surface area (TPSA) is 70.8 Å². The van der Waals surface area contributed by atoms with Gasteiger partial charge in [0.1, 0.15) is 6.54 Å². The van der Waals surface area contributed by atoms with Crippen molar-refractivity contribution in [1.29, 1.82) is 0 Å². The minimum atomic E-state index is 0.105. The summed E-state index contributed by atoms with van der Waals surface area (Å²) in [6.07, 6.45) is 1.92. The maximum Gasteiger partial charge on any atom is 0.244 e. The van der Waals surface area contributed by atoms with Crippen LogP contribution in [0.25, 0.3) is 0 Å². The van der Waals surface area contributed by atoms with E-state index in [0.29, 0.717) is 12.5 Å². The predicted molar refractivity (Wildman–Crippen MR) is 104 cm³/mol. The highest BCUT2D eigenvalue weighted by molar-refractivity contribution is 5.76. The number of rotatable bonds is 6. The number of piperidine rings is 1. The molecule has 2 fully saturated rings. The van der Waals surface area contributed by atoms with E-state index in [1.54, 1.807) is 0 Å². The highest BCUT2D eigenvalue weighted by atomic mass is 16.5. The third kappa shape index (κ3) is 4.89. The Morgan fingerprint density at radius 3 is 2.56 bits per heavy atom. The minimum absolute atomic E-state index is 0.105. The Labute approximate surface area is 162 Å². The number of morpholine rings is 1. The molecule has 3 heterocycles. The van der Waals surface area contributed by atoms with Crippen LogP contribution < -0.4 is 0 Å². The number of likely N-dealkylation sites (tertiary alicyclic amines) is 1. The normalized spacial score (nSPS) is 24.4. The maximum absolute atomic E-state index is 13.0. The molecule has 1 N–H and O–H groups in total. The van der Waals surface area contributed by atoms with Gasteiger partial charge in [-0.2, -0.15) is 5.10 Å². The zero-order chi connectivity index (χ0) is 19.4. The first-order chi connectivity index (χ1) is 13.0. The lowest BCUT2D eigenvalue weighted by Crippen LogP contribution is -2.50. The van der Waals surface area contributed by atoms with Crippen LogP contribution in [-0.2, 0) is 22.5 Å². The standard InChI is InChI=1S/C20H34N4O3/c1-4-19-15(2)21-24(16(19)3)13-20(26)23-11-17(9-18(12-23)14-25)10-22-5-7-27-8-6-22/h17-18,25H,4-14H2,1-3H3/t17-,18-/m1/s1. The number of amides is 1. The summed E-state index contributed by atoms with van der Waals surface area (Å²) in [5.41, 5.74) is 3.34. The first kappa shape index (κ1) is 20.3. The number of carbonyl (C=O) groups excluding carboxylic acids is 1. The summed E-state index contributed by atoms with van der Waals surface area (Å²) < 4.78 is 7.28. The van der Waals surface area contributed by atoms with Gasteiger partial charge in [-0.05, 0) is 44.1 Å². The number of carbonyl (C=O) groups is 1. The Morgan fingerprint density at radius 2 is 1.93 bits per heavy atom. The maximum atomic E-state index is 13.0. The second-order valence-electron chi connectivity index (χ2n) is 8.02. The Bertz CT molecular complexity index is 639. The van der Waals surface area contributed by atoms with Crippen LogP contribution in [0, 0.1) is 25.7 Å². The molecule has 1 amide bonds. The van der Waals surface area contributed by atoms with Crippen molar-refractivity contribution in [3.8, 4) is 0 Å². The second-order valence-corrected chi connectivity index (χ2v) is 8.02. The number of nitrogens with zero attached hydrogens (tertiary/aromatic N) is 4. The fourth-order valence-corrected chi connectivity index (χ4v) is 4.56. The molecule has 2 aliphatic heterocycles. The molecule has 0 aromatic carbocycles. The Hall–Kier alpha value is -1.44. The molecule has 2 aliphatic rings. The molecule has 2 atom stereocenters. The summed E-state index contributed by atoms with van der Waals surface area (Å²) in [7, 11) is 0. The molecular weight excluding hydrogens is 344 g/mol. The lowest BCUT2D eigenvalue weighted by Gasteiger charge is -2.40. The van der Waals surface area contributed by atoms with Crippen LogP contribution >= 0.6 is 0 Å². The van der Waals surface area contributed by atoms with Crippen LogP contribution in [0.15, 0.2) is 0 Å². The van der Waals surface area contributed by atoms with Gasteiger partial charge < -0.3 is 14.7 Å². The van der Waals surface area contributed by atoms with Gasteiger partial charge in [-0.25, -0.2) is 0 Å². The van der Waals surface area contributed by atoms with Gasteiger partial charge in [0, 0.05) is 45.0 Å². The van der Waals surface area contributed by atoms with Crippen LogP contribution in [0.5, 0.6) is 0 Å². The minimum Gasteiger partial charge on any atom is -0.396 e. The number of aliphatic hydroxyl groups excluding tert-OH is 1. The number of ether oxygens (including phenoxy) is 1. The van der Waals surface area contributed by atoms with Gasteiger partial charge >= 0.3 is 0 Å². The summed E-state index contributed by atoms with van der Waals surface area (Å²) in [5.74, 6) is 0.679. The van der Waals surface area contributed by atoms with E-state index in [4.69, 9.17) is 4.74 Å². The summed E-state index contributed by atoms with van der Waals surface area (Å²) >= 11 is 0. The van der Waals surface area contributed by atoms with Crippen LogP contribution in [0.2, 0.25) is 0 Å². The Morgan fingerprint density at radius 1 is 1.22 bits per heavy atom. The molecule has 0 saturated carbocycles.